The standard InChI is InChI=1S/C18H23NO/c1-4-12-19-15(3)16-6-5-7-18(13-16)20-17-10-8-14(2)9-11-17/h5-11,13,15,19H,4,12H2,1-3H3. The van der Waals surface area contributed by atoms with Gasteiger partial charge in [-0.3, -0.25) is 0 Å². The van der Waals surface area contributed by atoms with Gasteiger partial charge < -0.3 is 10.1 Å². The van der Waals surface area contributed by atoms with Gasteiger partial charge in [0.2, 0.25) is 0 Å². The topological polar surface area (TPSA) is 21.3 Å². The van der Waals surface area contributed by atoms with Crippen LogP contribution >= 0.6 is 0 Å². The summed E-state index contributed by atoms with van der Waals surface area (Å²) in [6.07, 6.45) is 1.14. The minimum atomic E-state index is 0.344. The number of rotatable bonds is 6. The third-order valence-corrected chi connectivity index (χ3v) is 3.32. The second kappa shape index (κ2) is 7.11. The van der Waals surface area contributed by atoms with E-state index in [2.05, 4.69) is 50.4 Å². The van der Waals surface area contributed by atoms with E-state index in [1.54, 1.807) is 0 Å². The number of ether oxygens (including phenoxy) is 1. The molecule has 0 aliphatic heterocycles. The first-order valence-corrected chi connectivity index (χ1v) is 7.27. The van der Waals surface area contributed by atoms with Gasteiger partial charge in [-0.05, 0) is 56.6 Å². The first kappa shape index (κ1) is 14.6. The molecular weight excluding hydrogens is 246 g/mol. The molecule has 2 rings (SSSR count). The van der Waals surface area contributed by atoms with Gasteiger partial charge in [-0.25, -0.2) is 0 Å². The maximum Gasteiger partial charge on any atom is 0.127 e. The van der Waals surface area contributed by atoms with Crippen molar-refractivity contribution in [1.29, 1.82) is 0 Å². The summed E-state index contributed by atoms with van der Waals surface area (Å²) in [4.78, 5) is 0. The Balaban J connectivity index is 2.07. The lowest BCUT2D eigenvalue weighted by Gasteiger charge is -2.15. The molecule has 0 bridgehead atoms. The Morgan fingerprint density at radius 3 is 2.50 bits per heavy atom. The monoisotopic (exact) mass is 269 g/mol. The van der Waals surface area contributed by atoms with Gasteiger partial charge in [0.05, 0.1) is 0 Å². The SMILES string of the molecule is CCCNC(C)c1cccc(Oc2ccc(C)cc2)c1. The van der Waals surface area contributed by atoms with E-state index in [4.69, 9.17) is 4.74 Å². The summed E-state index contributed by atoms with van der Waals surface area (Å²) < 4.78 is 5.90. The van der Waals surface area contributed by atoms with Gasteiger partial charge in [-0.15, -0.1) is 0 Å². The van der Waals surface area contributed by atoms with Crippen molar-refractivity contribution in [2.45, 2.75) is 33.2 Å². The van der Waals surface area contributed by atoms with Gasteiger partial charge in [-0.1, -0.05) is 36.8 Å². The molecule has 0 heterocycles. The maximum atomic E-state index is 5.90. The summed E-state index contributed by atoms with van der Waals surface area (Å²) in [6, 6.07) is 16.7. The molecule has 2 aromatic rings. The highest BCUT2D eigenvalue weighted by Crippen LogP contribution is 2.24. The van der Waals surface area contributed by atoms with E-state index >= 15 is 0 Å². The van der Waals surface area contributed by atoms with Gasteiger partial charge in [0.15, 0.2) is 0 Å². The molecule has 0 amide bonds. The normalized spacial score (nSPS) is 12.2. The highest BCUT2D eigenvalue weighted by Gasteiger charge is 2.05. The van der Waals surface area contributed by atoms with Crippen molar-refractivity contribution in [2.75, 3.05) is 6.54 Å². The first-order valence-electron chi connectivity index (χ1n) is 7.27. The van der Waals surface area contributed by atoms with Gasteiger partial charge >= 0.3 is 0 Å². The highest BCUT2D eigenvalue weighted by atomic mass is 16.5. The van der Waals surface area contributed by atoms with Crippen LogP contribution in [0.25, 0.3) is 0 Å². The Labute approximate surface area is 121 Å². The molecule has 20 heavy (non-hydrogen) atoms. The zero-order valence-corrected chi connectivity index (χ0v) is 12.5. The molecule has 0 radical (unpaired) electrons. The minimum absolute atomic E-state index is 0.344. The summed E-state index contributed by atoms with van der Waals surface area (Å²) in [6.45, 7) is 7.47. The van der Waals surface area contributed by atoms with E-state index in [0.29, 0.717) is 6.04 Å². The zero-order chi connectivity index (χ0) is 14.4. The number of aryl methyl sites for hydroxylation is 1. The molecule has 0 saturated heterocycles. The first-order chi connectivity index (χ1) is 9.69. The molecule has 0 aliphatic rings. The van der Waals surface area contributed by atoms with E-state index < -0.39 is 0 Å². The van der Waals surface area contributed by atoms with Crippen LogP contribution < -0.4 is 10.1 Å². The average Bonchev–Trinajstić information content (AvgIpc) is 2.47. The molecule has 2 nitrogen and oxygen atoms in total. The fraction of sp³-hybridized carbons (Fsp3) is 0.333. The number of hydrogen-bond acceptors (Lipinski definition) is 2. The summed E-state index contributed by atoms with van der Waals surface area (Å²) in [7, 11) is 0. The lowest BCUT2D eigenvalue weighted by molar-refractivity contribution is 0.479. The smallest absolute Gasteiger partial charge is 0.127 e. The Morgan fingerprint density at radius 2 is 1.80 bits per heavy atom. The molecule has 0 aromatic heterocycles. The van der Waals surface area contributed by atoms with Crippen molar-refractivity contribution in [2.24, 2.45) is 0 Å². The van der Waals surface area contributed by atoms with Crippen LogP contribution in [0.1, 0.15) is 37.4 Å². The fourth-order valence-electron chi connectivity index (χ4n) is 2.07. The molecular formula is C18H23NO. The van der Waals surface area contributed by atoms with Crippen LogP contribution in [-0.4, -0.2) is 6.54 Å². The second-order valence-electron chi connectivity index (χ2n) is 5.16. The van der Waals surface area contributed by atoms with E-state index in [0.717, 1.165) is 24.5 Å². The third-order valence-electron chi connectivity index (χ3n) is 3.32. The molecule has 1 atom stereocenters. The van der Waals surface area contributed by atoms with Crippen LogP contribution in [0.4, 0.5) is 0 Å². The number of hydrogen-bond donors (Lipinski definition) is 1. The van der Waals surface area contributed by atoms with Crippen molar-refractivity contribution in [3.63, 3.8) is 0 Å². The average molecular weight is 269 g/mol. The summed E-state index contributed by atoms with van der Waals surface area (Å²) in [5, 5.41) is 3.49. The number of benzene rings is 2. The van der Waals surface area contributed by atoms with Gasteiger partial charge in [0, 0.05) is 6.04 Å². The highest BCUT2D eigenvalue weighted by molar-refractivity contribution is 5.35. The van der Waals surface area contributed by atoms with Crippen molar-refractivity contribution in [3.05, 3.63) is 59.7 Å². The van der Waals surface area contributed by atoms with Crippen LogP contribution in [0, 0.1) is 6.92 Å². The van der Waals surface area contributed by atoms with Crippen LogP contribution in [0.3, 0.4) is 0 Å². The summed E-state index contributed by atoms with van der Waals surface area (Å²) in [5.41, 5.74) is 2.49. The van der Waals surface area contributed by atoms with Crippen LogP contribution in [0.2, 0.25) is 0 Å². The Bertz CT molecular complexity index is 533. The van der Waals surface area contributed by atoms with E-state index in [-0.39, 0.29) is 0 Å². The fourth-order valence-corrected chi connectivity index (χ4v) is 2.07. The Morgan fingerprint density at radius 1 is 1.05 bits per heavy atom. The van der Waals surface area contributed by atoms with Crippen LogP contribution in [0.5, 0.6) is 11.5 Å². The van der Waals surface area contributed by atoms with Gasteiger partial charge in [-0.2, -0.15) is 0 Å². The predicted octanol–water partition coefficient (Wildman–Crippen LogP) is 4.85. The van der Waals surface area contributed by atoms with Gasteiger partial charge in [0.1, 0.15) is 11.5 Å². The Kier molecular flexibility index (Phi) is 5.19. The van der Waals surface area contributed by atoms with Gasteiger partial charge in [0.25, 0.3) is 0 Å². The second-order valence-corrected chi connectivity index (χ2v) is 5.16. The van der Waals surface area contributed by atoms with Crippen LogP contribution in [0.15, 0.2) is 48.5 Å². The lowest BCUT2D eigenvalue weighted by Crippen LogP contribution is -2.19. The minimum Gasteiger partial charge on any atom is -0.457 e. The molecule has 0 spiro atoms. The van der Waals surface area contributed by atoms with Crippen molar-refractivity contribution < 1.29 is 4.74 Å². The molecule has 0 aliphatic carbocycles. The van der Waals surface area contributed by atoms with E-state index in [9.17, 15) is 0 Å². The molecule has 0 fully saturated rings. The molecule has 0 saturated carbocycles. The molecule has 2 aromatic carbocycles. The molecule has 1 unspecified atom stereocenters. The van der Waals surface area contributed by atoms with Crippen molar-refractivity contribution >= 4 is 0 Å². The lowest BCUT2D eigenvalue weighted by atomic mass is 10.1. The van der Waals surface area contributed by atoms with Crippen LogP contribution in [-0.2, 0) is 0 Å². The Hall–Kier alpha value is -1.80. The molecule has 106 valence electrons. The summed E-state index contributed by atoms with van der Waals surface area (Å²) in [5.74, 6) is 1.76. The van der Waals surface area contributed by atoms with E-state index in [1.807, 2.05) is 24.3 Å². The quantitative estimate of drug-likeness (QED) is 0.809. The van der Waals surface area contributed by atoms with E-state index in [1.165, 1.54) is 11.1 Å². The zero-order valence-electron chi connectivity index (χ0n) is 12.5. The number of nitrogens with one attached hydrogen (secondary N) is 1. The van der Waals surface area contributed by atoms with Crippen molar-refractivity contribution in [3.8, 4) is 11.5 Å². The molecule has 1 N–H and O–H groups in total. The largest absolute Gasteiger partial charge is 0.457 e. The third kappa shape index (κ3) is 4.10. The predicted molar refractivity (Wildman–Crippen MR) is 84.4 cm³/mol. The maximum absolute atomic E-state index is 5.90. The molecule has 2 heteroatoms. The summed E-state index contributed by atoms with van der Waals surface area (Å²) >= 11 is 0. The van der Waals surface area contributed by atoms with Crippen molar-refractivity contribution in [1.82, 2.24) is 5.32 Å².